The zero-order valence-electron chi connectivity index (χ0n) is 9.34. The Morgan fingerprint density at radius 1 is 1.59 bits per heavy atom. The van der Waals surface area contributed by atoms with Crippen LogP contribution in [0.25, 0.3) is 0 Å². The number of hydrogen-bond donors (Lipinski definition) is 2. The van der Waals surface area contributed by atoms with E-state index in [9.17, 15) is 9.18 Å². The van der Waals surface area contributed by atoms with Crippen LogP contribution in [0, 0.1) is 5.82 Å². The monoisotopic (exact) mass is 301 g/mol. The quantitative estimate of drug-likeness (QED) is 0.819. The predicted octanol–water partition coefficient (Wildman–Crippen LogP) is 3.42. The number of carboxylic acid groups (broad SMARTS) is 1. The lowest BCUT2D eigenvalue weighted by Crippen LogP contribution is -2.05. The minimum atomic E-state index is -0.924. The molecule has 17 heavy (non-hydrogen) atoms. The number of anilines is 1. The summed E-state index contributed by atoms with van der Waals surface area (Å²) in [6, 6.07) is 4.30. The number of rotatable bonds is 5. The lowest BCUT2D eigenvalue weighted by atomic mass is 10.2. The normalized spacial score (nSPS) is 11.4. The van der Waals surface area contributed by atoms with Crippen LogP contribution in [0.2, 0.25) is 0 Å². The van der Waals surface area contributed by atoms with Crippen molar-refractivity contribution in [3.63, 3.8) is 0 Å². The minimum Gasteiger partial charge on any atom is -0.478 e. The molecule has 0 fully saturated rings. The van der Waals surface area contributed by atoms with Gasteiger partial charge in [-0.15, -0.1) is 0 Å². The average Bonchev–Trinajstić information content (AvgIpc) is 2.28. The fourth-order valence-electron chi connectivity index (χ4n) is 1.30. The van der Waals surface area contributed by atoms with Crippen LogP contribution in [0.4, 0.5) is 10.1 Å². The summed E-state index contributed by atoms with van der Waals surface area (Å²) in [4.78, 5) is 10.7. The van der Waals surface area contributed by atoms with Gasteiger partial charge in [-0.25, -0.2) is 9.18 Å². The molecule has 3 nitrogen and oxygen atoms in total. The molecular weight excluding hydrogens is 289 g/mol. The SMILES string of the molecule is CC/C(=C/CNc1cc(F)ccc1Br)C(=O)O. The van der Waals surface area contributed by atoms with Crippen molar-refractivity contribution in [1.82, 2.24) is 0 Å². The predicted molar refractivity (Wildman–Crippen MR) is 68.6 cm³/mol. The van der Waals surface area contributed by atoms with Gasteiger partial charge in [0.25, 0.3) is 0 Å². The van der Waals surface area contributed by atoms with Gasteiger partial charge in [-0.05, 0) is 40.5 Å². The van der Waals surface area contributed by atoms with Crippen LogP contribution in [-0.4, -0.2) is 17.6 Å². The van der Waals surface area contributed by atoms with E-state index in [2.05, 4.69) is 21.2 Å². The van der Waals surface area contributed by atoms with E-state index < -0.39 is 5.97 Å². The molecular formula is C12H13BrFNO2. The van der Waals surface area contributed by atoms with E-state index in [1.807, 2.05) is 0 Å². The molecule has 0 radical (unpaired) electrons. The first-order valence-electron chi connectivity index (χ1n) is 5.15. The molecule has 0 atom stereocenters. The number of benzene rings is 1. The van der Waals surface area contributed by atoms with E-state index >= 15 is 0 Å². The van der Waals surface area contributed by atoms with Gasteiger partial charge in [0.15, 0.2) is 0 Å². The maximum absolute atomic E-state index is 13.0. The number of carboxylic acids is 1. The fourth-order valence-corrected chi connectivity index (χ4v) is 1.69. The molecule has 2 N–H and O–H groups in total. The lowest BCUT2D eigenvalue weighted by molar-refractivity contribution is -0.132. The highest BCUT2D eigenvalue weighted by Gasteiger charge is 2.04. The third kappa shape index (κ3) is 4.19. The highest BCUT2D eigenvalue weighted by Crippen LogP contribution is 2.22. The van der Waals surface area contributed by atoms with E-state index in [0.717, 1.165) is 4.47 Å². The van der Waals surface area contributed by atoms with Gasteiger partial charge in [-0.3, -0.25) is 0 Å². The second-order valence-corrected chi connectivity index (χ2v) is 4.25. The largest absolute Gasteiger partial charge is 0.478 e. The van der Waals surface area contributed by atoms with Gasteiger partial charge in [-0.2, -0.15) is 0 Å². The van der Waals surface area contributed by atoms with Crippen molar-refractivity contribution in [3.05, 3.63) is 40.1 Å². The Bertz CT molecular complexity index is 446. The van der Waals surface area contributed by atoms with Gasteiger partial charge >= 0.3 is 5.97 Å². The van der Waals surface area contributed by atoms with Crippen LogP contribution in [-0.2, 0) is 4.79 Å². The maximum atomic E-state index is 13.0. The molecule has 92 valence electrons. The molecule has 0 unspecified atom stereocenters. The molecule has 0 bridgehead atoms. The van der Waals surface area contributed by atoms with Crippen LogP contribution in [0.5, 0.6) is 0 Å². The third-order valence-corrected chi connectivity index (χ3v) is 2.92. The zero-order chi connectivity index (χ0) is 12.8. The van der Waals surface area contributed by atoms with E-state index in [-0.39, 0.29) is 5.82 Å². The van der Waals surface area contributed by atoms with Crippen LogP contribution in [0.1, 0.15) is 13.3 Å². The Kier molecular flexibility index (Phi) is 5.15. The highest BCUT2D eigenvalue weighted by atomic mass is 79.9. The van der Waals surface area contributed by atoms with Crippen LogP contribution in [0.3, 0.4) is 0 Å². The summed E-state index contributed by atoms with van der Waals surface area (Å²) in [7, 11) is 0. The van der Waals surface area contributed by atoms with Crippen LogP contribution in [0.15, 0.2) is 34.3 Å². The first kappa shape index (κ1) is 13.7. The molecule has 1 rings (SSSR count). The Labute approximate surface area is 107 Å². The van der Waals surface area contributed by atoms with Crippen molar-refractivity contribution in [3.8, 4) is 0 Å². The Morgan fingerprint density at radius 2 is 2.29 bits per heavy atom. The summed E-state index contributed by atoms with van der Waals surface area (Å²) in [6.07, 6.45) is 2.04. The number of halogens is 2. The summed E-state index contributed by atoms with van der Waals surface area (Å²) in [6.45, 7) is 2.12. The maximum Gasteiger partial charge on any atom is 0.331 e. The standard InChI is InChI=1S/C12H13BrFNO2/c1-2-8(12(16)17)5-6-15-11-7-9(14)3-4-10(11)13/h3-5,7,15H,2,6H2,1H3,(H,16,17)/b8-5-. The highest BCUT2D eigenvalue weighted by molar-refractivity contribution is 9.10. The van der Waals surface area contributed by atoms with E-state index in [0.29, 0.717) is 24.2 Å². The van der Waals surface area contributed by atoms with Crippen molar-refractivity contribution in [2.75, 3.05) is 11.9 Å². The van der Waals surface area contributed by atoms with Crippen molar-refractivity contribution < 1.29 is 14.3 Å². The molecule has 0 saturated heterocycles. The number of carbonyl (C=O) groups is 1. The van der Waals surface area contributed by atoms with Gasteiger partial charge in [0.2, 0.25) is 0 Å². The molecule has 0 aromatic heterocycles. The summed E-state index contributed by atoms with van der Waals surface area (Å²) >= 11 is 3.28. The number of aliphatic carboxylic acids is 1. The van der Waals surface area contributed by atoms with Crippen molar-refractivity contribution >= 4 is 27.6 Å². The second kappa shape index (κ2) is 6.39. The van der Waals surface area contributed by atoms with Crippen LogP contribution >= 0.6 is 15.9 Å². The van der Waals surface area contributed by atoms with Gasteiger partial charge in [-0.1, -0.05) is 13.0 Å². The van der Waals surface area contributed by atoms with E-state index in [4.69, 9.17) is 5.11 Å². The fraction of sp³-hybridized carbons (Fsp3) is 0.250. The molecule has 0 aliphatic heterocycles. The zero-order valence-corrected chi connectivity index (χ0v) is 10.9. The third-order valence-electron chi connectivity index (χ3n) is 2.22. The van der Waals surface area contributed by atoms with Gasteiger partial charge in [0.05, 0.1) is 5.69 Å². The smallest absolute Gasteiger partial charge is 0.331 e. The molecule has 0 heterocycles. The molecule has 0 aliphatic rings. The minimum absolute atomic E-state index is 0.338. The average molecular weight is 302 g/mol. The van der Waals surface area contributed by atoms with Gasteiger partial charge in [0, 0.05) is 16.6 Å². The molecule has 0 saturated carbocycles. The van der Waals surface area contributed by atoms with Gasteiger partial charge < -0.3 is 10.4 Å². The summed E-state index contributed by atoms with van der Waals surface area (Å²) in [5, 5.41) is 11.8. The topological polar surface area (TPSA) is 49.3 Å². The molecule has 0 aliphatic carbocycles. The first-order chi connectivity index (χ1) is 8.04. The molecule has 5 heteroatoms. The Morgan fingerprint density at radius 3 is 2.88 bits per heavy atom. The first-order valence-corrected chi connectivity index (χ1v) is 5.95. The Hall–Kier alpha value is -1.36. The lowest BCUT2D eigenvalue weighted by Gasteiger charge is -2.06. The van der Waals surface area contributed by atoms with Gasteiger partial charge in [0.1, 0.15) is 5.82 Å². The molecule has 0 amide bonds. The molecule has 0 spiro atoms. The molecule has 1 aromatic rings. The second-order valence-electron chi connectivity index (χ2n) is 3.39. The summed E-state index contributed by atoms with van der Waals surface area (Å²) in [5.74, 6) is -1.26. The number of hydrogen-bond acceptors (Lipinski definition) is 2. The Balaban J connectivity index is 2.67. The van der Waals surface area contributed by atoms with Crippen molar-refractivity contribution in [1.29, 1.82) is 0 Å². The summed E-state index contributed by atoms with van der Waals surface area (Å²) < 4.78 is 13.7. The van der Waals surface area contributed by atoms with Crippen molar-refractivity contribution in [2.45, 2.75) is 13.3 Å². The van der Waals surface area contributed by atoms with E-state index in [1.165, 1.54) is 12.1 Å². The number of nitrogens with one attached hydrogen (secondary N) is 1. The van der Waals surface area contributed by atoms with E-state index in [1.54, 1.807) is 19.1 Å². The van der Waals surface area contributed by atoms with Crippen LogP contribution < -0.4 is 5.32 Å². The summed E-state index contributed by atoms with van der Waals surface area (Å²) in [5.41, 5.74) is 0.937. The van der Waals surface area contributed by atoms with Crippen molar-refractivity contribution in [2.24, 2.45) is 0 Å². The molecule has 1 aromatic carbocycles.